The lowest BCUT2D eigenvalue weighted by Gasteiger charge is -2.31. The number of piperidine rings is 1. The van der Waals surface area contributed by atoms with Crippen LogP contribution in [0.15, 0.2) is 48.0 Å². The smallest absolute Gasteiger partial charge is 0.239 e. The number of carbonyl (C=O) groups is 2. The normalized spacial score (nSPS) is 14.9. The zero-order valence-electron chi connectivity index (χ0n) is 17.2. The van der Waals surface area contributed by atoms with Crippen molar-refractivity contribution in [1.82, 2.24) is 25.2 Å². The fourth-order valence-corrected chi connectivity index (χ4v) is 4.24. The van der Waals surface area contributed by atoms with Crippen LogP contribution in [0.3, 0.4) is 0 Å². The van der Waals surface area contributed by atoms with Crippen LogP contribution >= 0.6 is 11.3 Å². The van der Waals surface area contributed by atoms with E-state index in [0.717, 1.165) is 36.5 Å². The van der Waals surface area contributed by atoms with Gasteiger partial charge in [0.15, 0.2) is 5.82 Å². The Bertz CT molecular complexity index is 1030. The minimum absolute atomic E-state index is 0.00907. The third-order valence-electron chi connectivity index (χ3n) is 5.02. The number of nitrogens with zero attached hydrogens (tertiary/aromatic N) is 4. The number of carbonyl (C=O) groups excluding carboxylic acids is 2. The Balaban J connectivity index is 1.46. The summed E-state index contributed by atoms with van der Waals surface area (Å²) in [5.41, 5.74) is 1.38. The molecule has 0 bridgehead atoms. The first-order valence-electron chi connectivity index (χ1n) is 10.2. The first-order chi connectivity index (χ1) is 15.1. The van der Waals surface area contributed by atoms with Gasteiger partial charge in [-0.05, 0) is 36.4 Å². The van der Waals surface area contributed by atoms with E-state index < -0.39 is 0 Å². The van der Waals surface area contributed by atoms with E-state index in [1.165, 1.54) is 6.92 Å². The van der Waals surface area contributed by atoms with E-state index in [-0.39, 0.29) is 24.4 Å². The van der Waals surface area contributed by atoms with Crippen molar-refractivity contribution in [3.8, 4) is 22.1 Å². The number of nitrogens with one attached hydrogen (secondary N) is 2. The molecule has 3 aromatic heterocycles. The first kappa shape index (κ1) is 21.1. The molecular weight excluding hydrogens is 412 g/mol. The van der Waals surface area contributed by atoms with E-state index in [4.69, 9.17) is 0 Å². The molecule has 4 rings (SSSR count). The summed E-state index contributed by atoms with van der Waals surface area (Å²) < 4.78 is 0. The highest BCUT2D eigenvalue weighted by atomic mass is 32.1. The highest BCUT2D eigenvalue weighted by Gasteiger charge is 2.21. The number of likely N-dealkylation sites (tertiary alicyclic amines) is 1. The largest absolute Gasteiger partial charge is 0.354 e. The van der Waals surface area contributed by atoms with Gasteiger partial charge in [0.25, 0.3) is 0 Å². The molecule has 2 amide bonds. The molecule has 1 aliphatic rings. The number of anilines is 1. The number of hydrogen-bond donors (Lipinski definition) is 2. The number of hydrogen-bond acceptors (Lipinski definition) is 7. The summed E-state index contributed by atoms with van der Waals surface area (Å²) in [5.74, 6) is 0.882. The van der Waals surface area contributed by atoms with E-state index in [0.29, 0.717) is 17.3 Å². The second kappa shape index (κ2) is 9.76. The van der Waals surface area contributed by atoms with E-state index in [9.17, 15) is 9.59 Å². The van der Waals surface area contributed by atoms with E-state index in [1.807, 2.05) is 35.7 Å². The maximum atomic E-state index is 12.7. The third kappa shape index (κ3) is 5.71. The van der Waals surface area contributed by atoms with Gasteiger partial charge < -0.3 is 10.6 Å². The average molecular weight is 437 g/mol. The molecule has 0 atom stereocenters. The summed E-state index contributed by atoms with van der Waals surface area (Å²) in [6, 6.07) is 11.5. The van der Waals surface area contributed by atoms with Crippen LogP contribution in [0.5, 0.6) is 0 Å². The molecule has 0 radical (unpaired) electrons. The first-order valence-corrected chi connectivity index (χ1v) is 11.1. The number of rotatable bonds is 6. The molecular formula is C22H24N6O2S. The van der Waals surface area contributed by atoms with Gasteiger partial charge in [0, 0.05) is 38.3 Å². The second-order valence-electron chi connectivity index (χ2n) is 7.45. The van der Waals surface area contributed by atoms with Crippen molar-refractivity contribution in [3.63, 3.8) is 0 Å². The SMILES string of the molecule is CC(=O)NC1CCN(CC(=O)Nc2cc(-c3ccccn3)nc(-c3cccs3)n2)CC1. The Kier molecular flexibility index (Phi) is 6.63. The van der Waals surface area contributed by atoms with Crippen molar-refractivity contribution in [1.29, 1.82) is 0 Å². The van der Waals surface area contributed by atoms with Crippen LogP contribution in [0.25, 0.3) is 22.1 Å². The maximum absolute atomic E-state index is 12.7. The number of aromatic nitrogens is 3. The topological polar surface area (TPSA) is 100 Å². The highest BCUT2D eigenvalue weighted by Crippen LogP contribution is 2.26. The molecule has 0 aliphatic carbocycles. The highest BCUT2D eigenvalue weighted by molar-refractivity contribution is 7.13. The molecule has 0 saturated carbocycles. The van der Waals surface area contributed by atoms with Crippen LogP contribution in [0.4, 0.5) is 5.82 Å². The van der Waals surface area contributed by atoms with Gasteiger partial charge in [-0.15, -0.1) is 11.3 Å². The zero-order valence-corrected chi connectivity index (χ0v) is 18.1. The van der Waals surface area contributed by atoms with Gasteiger partial charge in [-0.1, -0.05) is 12.1 Å². The summed E-state index contributed by atoms with van der Waals surface area (Å²) in [4.78, 5) is 40.5. The molecule has 1 saturated heterocycles. The Morgan fingerprint density at radius 2 is 1.97 bits per heavy atom. The molecule has 0 aromatic carbocycles. The third-order valence-corrected chi connectivity index (χ3v) is 5.89. The molecule has 8 nitrogen and oxygen atoms in total. The summed E-state index contributed by atoms with van der Waals surface area (Å²) in [7, 11) is 0. The Hall–Kier alpha value is -3.17. The van der Waals surface area contributed by atoms with Gasteiger partial charge in [-0.3, -0.25) is 19.5 Å². The monoisotopic (exact) mass is 436 g/mol. The van der Waals surface area contributed by atoms with Gasteiger partial charge in [-0.25, -0.2) is 9.97 Å². The quantitative estimate of drug-likeness (QED) is 0.616. The Morgan fingerprint density at radius 3 is 2.65 bits per heavy atom. The van der Waals surface area contributed by atoms with Gasteiger partial charge >= 0.3 is 0 Å². The minimum atomic E-state index is -0.124. The lowest BCUT2D eigenvalue weighted by molar-refractivity contribution is -0.121. The predicted molar refractivity (Wildman–Crippen MR) is 120 cm³/mol. The fraction of sp³-hybridized carbons (Fsp3) is 0.318. The second-order valence-corrected chi connectivity index (χ2v) is 8.40. The van der Waals surface area contributed by atoms with Crippen LogP contribution in [0.2, 0.25) is 0 Å². The average Bonchev–Trinajstić information content (AvgIpc) is 3.30. The van der Waals surface area contributed by atoms with E-state index >= 15 is 0 Å². The molecule has 2 N–H and O–H groups in total. The summed E-state index contributed by atoms with van der Waals surface area (Å²) in [6.07, 6.45) is 3.39. The molecule has 0 spiro atoms. The molecule has 0 unspecified atom stereocenters. The van der Waals surface area contributed by atoms with E-state index in [2.05, 4.69) is 30.5 Å². The number of amides is 2. The van der Waals surface area contributed by atoms with Crippen molar-refractivity contribution >= 4 is 29.0 Å². The van der Waals surface area contributed by atoms with Gasteiger partial charge in [0.05, 0.1) is 22.8 Å². The van der Waals surface area contributed by atoms with Crippen molar-refractivity contribution < 1.29 is 9.59 Å². The molecule has 1 fully saturated rings. The van der Waals surface area contributed by atoms with Crippen LogP contribution in [0, 0.1) is 0 Å². The van der Waals surface area contributed by atoms with Crippen molar-refractivity contribution in [3.05, 3.63) is 48.0 Å². The van der Waals surface area contributed by atoms with E-state index in [1.54, 1.807) is 23.6 Å². The molecule has 31 heavy (non-hydrogen) atoms. The standard InChI is InChI=1S/C22H24N6O2S/c1-15(29)24-16-7-10-28(11-8-16)14-21(30)26-20-13-18(17-5-2-3-9-23-17)25-22(27-20)19-6-4-12-31-19/h2-6,9,12-13,16H,7-8,10-11,14H2,1H3,(H,24,29)(H,25,26,27,30). The number of thiophene rings is 1. The maximum Gasteiger partial charge on any atom is 0.239 e. The van der Waals surface area contributed by atoms with Crippen molar-refractivity contribution in [2.24, 2.45) is 0 Å². The number of pyridine rings is 1. The molecule has 1 aliphatic heterocycles. The zero-order chi connectivity index (χ0) is 21.6. The van der Waals surface area contributed by atoms with Crippen molar-refractivity contribution in [2.75, 3.05) is 25.0 Å². The van der Waals surface area contributed by atoms with Gasteiger partial charge in [0.1, 0.15) is 5.82 Å². The van der Waals surface area contributed by atoms with Crippen LogP contribution < -0.4 is 10.6 Å². The lowest BCUT2D eigenvalue weighted by Crippen LogP contribution is -2.46. The van der Waals surface area contributed by atoms with Gasteiger partial charge in [0.2, 0.25) is 11.8 Å². The molecule has 4 heterocycles. The van der Waals surface area contributed by atoms with Crippen LogP contribution in [0.1, 0.15) is 19.8 Å². The summed E-state index contributed by atoms with van der Waals surface area (Å²) >= 11 is 1.54. The lowest BCUT2D eigenvalue weighted by atomic mass is 10.1. The minimum Gasteiger partial charge on any atom is -0.354 e. The Labute approximate surface area is 184 Å². The van der Waals surface area contributed by atoms with Crippen LogP contribution in [-0.2, 0) is 9.59 Å². The molecule has 3 aromatic rings. The fourth-order valence-electron chi connectivity index (χ4n) is 3.58. The predicted octanol–water partition coefficient (Wildman–Crippen LogP) is 2.81. The Morgan fingerprint density at radius 1 is 1.13 bits per heavy atom. The summed E-state index contributed by atoms with van der Waals surface area (Å²) in [5, 5.41) is 7.84. The van der Waals surface area contributed by atoms with Gasteiger partial charge in [-0.2, -0.15) is 0 Å². The van der Waals surface area contributed by atoms with Crippen molar-refractivity contribution in [2.45, 2.75) is 25.8 Å². The summed E-state index contributed by atoms with van der Waals surface area (Å²) in [6.45, 7) is 3.35. The molecule has 160 valence electrons. The molecule has 9 heteroatoms. The van der Waals surface area contributed by atoms with Crippen LogP contribution in [-0.4, -0.2) is 57.3 Å².